The second-order valence-electron chi connectivity index (χ2n) is 3.79. The van der Waals surface area contributed by atoms with E-state index in [0.29, 0.717) is 0 Å². The molecule has 0 aromatic heterocycles. The van der Waals surface area contributed by atoms with Crippen molar-refractivity contribution in [1.29, 1.82) is 0 Å². The lowest BCUT2D eigenvalue weighted by Crippen LogP contribution is -2.43. The Bertz CT molecular complexity index is 184. The minimum Gasteiger partial charge on any atom is -0.394 e. The highest BCUT2D eigenvalue weighted by Crippen LogP contribution is 2.23. The van der Waals surface area contributed by atoms with Crippen LogP contribution in [-0.4, -0.2) is 29.7 Å². The number of carbonyl (C=O) groups is 1. The van der Waals surface area contributed by atoms with Crippen molar-refractivity contribution in [2.45, 2.75) is 38.3 Å². The molecule has 1 amide bonds. The van der Waals surface area contributed by atoms with Gasteiger partial charge in [-0.2, -0.15) is 0 Å². The molecular weight excluding hydrogens is 168 g/mol. The molecule has 0 aromatic rings. The Morgan fingerprint density at radius 2 is 2.38 bits per heavy atom. The first-order valence-corrected chi connectivity index (χ1v) is 4.82. The molecule has 1 aliphatic carbocycles. The van der Waals surface area contributed by atoms with Crippen LogP contribution in [0.25, 0.3) is 0 Å². The second-order valence-corrected chi connectivity index (χ2v) is 3.79. The topological polar surface area (TPSA) is 75.3 Å². The Morgan fingerprint density at radius 1 is 1.69 bits per heavy atom. The van der Waals surface area contributed by atoms with E-state index in [0.717, 1.165) is 19.3 Å². The van der Waals surface area contributed by atoms with Crippen LogP contribution in [0.2, 0.25) is 0 Å². The van der Waals surface area contributed by atoms with Gasteiger partial charge in [-0.15, -0.1) is 0 Å². The molecule has 0 spiro atoms. The smallest absolute Gasteiger partial charge is 0.224 e. The van der Waals surface area contributed by atoms with E-state index in [1.807, 2.05) is 0 Å². The molecule has 76 valence electrons. The zero-order chi connectivity index (χ0) is 9.84. The molecule has 1 fully saturated rings. The molecule has 1 saturated carbocycles. The Labute approximate surface area is 78.5 Å². The summed E-state index contributed by atoms with van der Waals surface area (Å²) in [6.45, 7) is 1.76. The number of amides is 1. The van der Waals surface area contributed by atoms with Crippen LogP contribution in [0.5, 0.6) is 0 Å². The highest BCUT2D eigenvalue weighted by atomic mass is 16.3. The van der Waals surface area contributed by atoms with Gasteiger partial charge in [0.2, 0.25) is 5.91 Å². The first-order chi connectivity index (χ1) is 6.15. The fraction of sp³-hybridized carbons (Fsp3) is 0.889. The standard InChI is InChI=1S/C9H18N2O2/c1-6(5-12)11-9(13)7-3-2-4-8(7)10/h6-8,12H,2-5,10H2,1H3,(H,11,13)/t6-,7?,8?/m0/s1. The fourth-order valence-electron chi connectivity index (χ4n) is 1.71. The van der Waals surface area contributed by atoms with Crippen molar-refractivity contribution in [3.05, 3.63) is 0 Å². The van der Waals surface area contributed by atoms with Gasteiger partial charge in [0.05, 0.1) is 12.5 Å². The van der Waals surface area contributed by atoms with Crippen molar-refractivity contribution in [3.8, 4) is 0 Å². The molecule has 4 heteroatoms. The van der Waals surface area contributed by atoms with Crippen molar-refractivity contribution in [1.82, 2.24) is 5.32 Å². The SMILES string of the molecule is C[C@@H](CO)NC(=O)C1CCCC1N. The van der Waals surface area contributed by atoms with Crippen molar-refractivity contribution < 1.29 is 9.90 Å². The van der Waals surface area contributed by atoms with Crippen molar-refractivity contribution in [3.63, 3.8) is 0 Å². The number of hydrogen-bond donors (Lipinski definition) is 3. The second kappa shape index (κ2) is 4.58. The average molecular weight is 186 g/mol. The molecule has 2 unspecified atom stereocenters. The normalized spacial score (nSPS) is 30.1. The third-order valence-electron chi connectivity index (χ3n) is 2.57. The molecule has 4 N–H and O–H groups in total. The number of carbonyl (C=O) groups excluding carboxylic acids is 1. The maximum atomic E-state index is 11.5. The zero-order valence-electron chi connectivity index (χ0n) is 7.99. The monoisotopic (exact) mass is 186 g/mol. The third kappa shape index (κ3) is 2.67. The number of hydrogen-bond acceptors (Lipinski definition) is 3. The van der Waals surface area contributed by atoms with E-state index in [1.54, 1.807) is 6.92 Å². The Balaban J connectivity index is 2.38. The number of aliphatic hydroxyl groups is 1. The molecule has 3 atom stereocenters. The van der Waals surface area contributed by atoms with E-state index in [1.165, 1.54) is 0 Å². The van der Waals surface area contributed by atoms with Crippen LogP contribution in [0.15, 0.2) is 0 Å². The summed E-state index contributed by atoms with van der Waals surface area (Å²) >= 11 is 0. The van der Waals surface area contributed by atoms with Crippen LogP contribution >= 0.6 is 0 Å². The predicted octanol–water partition coefficient (Wildman–Crippen LogP) is -0.389. The van der Waals surface area contributed by atoms with Gasteiger partial charge in [0.15, 0.2) is 0 Å². The molecule has 1 rings (SSSR count). The number of nitrogens with one attached hydrogen (secondary N) is 1. The first kappa shape index (κ1) is 10.5. The van der Waals surface area contributed by atoms with Gasteiger partial charge in [0.1, 0.15) is 0 Å². The Morgan fingerprint density at radius 3 is 2.85 bits per heavy atom. The van der Waals surface area contributed by atoms with Gasteiger partial charge in [-0.1, -0.05) is 6.42 Å². The molecule has 0 heterocycles. The van der Waals surface area contributed by atoms with Crippen LogP contribution in [-0.2, 0) is 4.79 Å². The summed E-state index contributed by atoms with van der Waals surface area (Å²) in [7, 11) is 0. The molecular formula is C9H18N2O2. The van der Waals surface area contributed by atoms with Crippen LogP contribution < -0.4 is 11.1 Å². The summed E-state index contributed by atoms with van der Waals surface area (Å²) in [6.07, 6.45) is 2.85. The summed E-state index contributed by atoms with van der Waals surface area (Å²) < 4.78 is 0. The van der Waals surface area contributed by atoms with Gasteiger partial charge in [-0.3, -0.25) is 4.79 Å². The molecule has 13 heavy (non-hydrogen) atoms. The molecule has 0 bridgehead atoms. The van der Waals surface area contributed by atoms with Crippen LogP contribution in [0, 0.1) is 5.92 Å². The maximum Gasteiger partial charge on any atom is 0.224 e. The van der Waals surface area contributed by atoms with E-state index >= 15 is 0 Å². The molecule has 4 nitrogen and oxygen atoms in total. The van der Waals surface area contributed by atoms with Gasteiger partial charge >= 0.3 is 0 Å². The molecule has 0 radical (unpaired) electrons. The van der Waals surface area contributed by atoms with Crippen LogP contribution in [0.3, 0.4) is 0 Å². The quantitative estimate of drug-likeness (QED) is 0.562. The number of rotatable bonds is 3. The Hall–Kier alpha value is -0.610. The van der Waals surface area contributed by atoms with E-state index in [2.05, 4.69) is 5.32 Å². The average Bonchev–Trinajstić information content (AvgIpc) is 2.51. The molecule has 0 aliphatic heterocycles. The molecule has 1 aliphatic rings. The van der Waals surface area contributed by atoms with Gasteiger partial charge in [-0.05, 0) is 19.8 Å². The largest absolute Gasteiger partial charge is 0.394 e. The van der Waals surface area contributed by atoms with Gasteiger partial charge < -0.3 is 16.2 Å². The lowest BCUT2D eigenvalue weighted by atomic mass is 10.0. The van der Waals surface area contributed by atoms with Gasteiger partial charge in [0.25, 0.3) is 0 Å². The lowest BCUT2D eigenvalue weighted by Gasteiger charge is -2.17. The maximum absolute atomic E-state index is 11.5. The third-order valence-corrected chi connectivity index (χ3v) is 2.57. The van der Waals surface area contributed by atoms with E-state index in [-0.39, 0.29) is 30.5 Å². The van der Waals surface area contributed by atoms with E-state index in [4.69, 9.17) is 10.8 Å². The van der Waals surface area contributed by atoms with Crippen LogP contribution in [0.4, 0.5) is 0 Å². The van der Waals surface area contributed by atoms with E-state index in [9.17, 15) is 4.79 Å². The Kier molecular flexibility index (Phi) is 3.69. The van der Waals surface area contributed by atoms with Crippen LogP contribution in [0.1, 0.15) is 26.2 Å². The van der Waals surface area contributed by atoms with Crippen molar-refractivity contribution in [2.24, 2.45) is 11.7 Å². The zero-order valence-corrected chi connectivity index (χ0v) is 7.99. The fourth-order valence-corrected chi connectivity index (χ4v) is 1.71. The summed E-state index contributed by atoms with van der Waals surface area (Å²) in [5, 5.41) is 11.5. The summed E-state index contributed by atoms with van der Waals surface area (Å²) in [6, 6.07) is -0.161. The minimum absolute atomic E-state index is 0.00546. The van der Waals surface area contributed by atoms with Gasteiger partial charge in [-0.25, -0.2) is 0 Å². The van der Waals surface area contributed by atoms with Crippen molar-refractivity contribution in [2.75, 3.05) is 6.61 Å². The number of aliphatic hydroxyl groups excluding tert-OH is 1. The highest BCUT2D eigenvalue weighted by molar-refractivity contribution is 5.79. The predicted molar refractivity (Wildman–Crippen MR) is 50.0 cm³/mol. The lowest BCUT2D eigenvalue weighted by molar-refractivity contribution is -0.126. The summed E-state index contributed by atoms with van der Waals surface area (Å²) in [5.41, 5.74) is 5.77. The van der Waals surface area contributed by atoms with E-state index < -0.39 is 0 Å². The minimum atomic E-state index is -0.166. The molecule has 0 saturated heterocycles. The number of nitrogens with two attached hydrogens (primary N) is 1. The highest BCUT2D eigenvalue weighted by Gasteiger charge is 2.30. The van der Waals surface area contributed by atoms with Gasteiger partial charge in [0, 0.05) is 12.1 Å². The summed E-state index contributed by atoms with van der Waals surface area (Å²) in [4.78, 5) is 11.5. The molecule has 0 aromatic carbocycles. The first-order valence-electron chi connectivity index (χ1n) is 4.82. The summed E-state index contributed by atoms with van der Waals surface area (Å²) in [5.74, 6) is -0.0550. The van der Waals surface area contributed by atoms with Crippen molar-refractivity contribution >= 4 is 5.91 Å².